The van der Waals surface area contributed by atoms with Crippen LogP contribution in [0.25, 0.3) is 34.9 Å². The van der Waals surface area contributed by atoms with Crippen molar-refractivity contribution in [3.63, 3.8) is 0 Å². The van der Waals surface area contributed by atoms with Crippen LogP contribution < -0.4 is 0 Å². The Kier molecular flexibility index (Phi) is 25.5. The average molecular weight is 1690 g/mol. The summed E-state index contributed by atoms with van der Waals surface area (Å²) in [6, 6.07) is 47.8. The van der Waals surface area contributed by atoms with Crippen molar-refractivity contribution in [1.29, 1.82) is 0 Å². The van der Waals surface area contributed by atoms with Crippen molar-refractivity contribution < 1.29 is 43.9 Å². The highest BCUT2D eigenvalue weighted by atomic mass is 35.5. The number of piperazine rings is 3. The maximum absolute atomic E-state index is 13.5. The van der Waals surface area contributed by atoms with Gasteiger partial charge >= 0.3 is 0 Å². The highest BCUT2D eigenvalue weighted by molar-refractivity contribution is 6.31. The largest absolute Gasteiger partial charge is 0.381 e. The Labute approximate surface area is 720 Å². The van der Waals surface area contributed by atoms with Gasteiger partial charge in [0, 0.05) is 155 Å². The zero-order valence-electron chi connectivity index (χ0n) is 69.4. The van der Waals surface area contributed by atoms with Gasteiger partial charge in [-0.15, -0.1) is 0 Å². The Hall–Kier alpha value is -10.7. The molecule has 11 aromatic rings. The van der Waals surface area contributed by atoms with Crippen LogP contribution in [0.3, 0.4) is 0 Å². The highest BCUT2D eigenvalue weighted by Gasteiger charge is 2.45. The number of fused-ring (bicyclic) bond motifs is 6. The van der Waals surface area contributed by atoms with Crippen molar-refractivity contribution in [3.05, 3.63) is 318 Å². The molecule has 3 fully saturated rings. The van der Waals surface area contributed by atoms with E-state index in [1.54, 1.807) is 93.1 Å². The number of hydrogen-bond donors (Lipinski definition) is 3. The molecule has 3 aliphatic heterocycles. The SMILES string of the molecule is COC(C1=Cc2cccnc2[C@@H](N2CCN(C(=O)C(C)(C)O)CC2)c2ccc(Cl)cc21)c1cncn1C.COC(C1=Cc2cccnc2[C@@H](N2CCN(C(=O)[C@@](C)(O)c3ccccc3)CC2)c2ccc(Cl)cc21)c1cncn1C.COC(C1=Cc2cccnc2[C@@H](N2CCN(C(=O)[C@](C)(O)c3ccccc3)CC2)c2ccc(Cl)cc21)c1cncn1C. The maximum atomic E-state index is 13.5. The number of nitrogens with zero attached hydrogens (tertiary/aromatic N) is 15. The molecule has 0 bridgehead atoms. The molecular weight excluding hydrogens is 1590 g/mol. The van der Waals surface area contributed by atoms with Crippen LogP contribution in [0.2, 0.25) is 15.1 Å². The lowest BCUT2D eigenvalue weighted by molar-refractivity contribution is -0.153. The Bertz CT molecular complexity index is 5440. The lowest BCUT2D eigenvalue weighted by Gasteiger charge is -2.41. The number of hydrogen-bond acceptors (Lipinski definition) is 18. The summed E-state index contributed by atoms with van der Waals surface area (Å²) in [6.07, 6.45) is 21.6. The first-order chi connectivity index (χ1) is 58.3. The van der Waals surface area contributed by atoms with Crippen molar-refractivity contribution in [2.24, 2.45) is 21.1 Å². The number of halogens is 3. The van der Waals surface area contributed by atoms with E-state index in [-0.39, 0.29) is 54.2 Å². The van der Waals surface area contributed by atoms with Gasteiger partial charge in [-0.25, -0.2) is 15.0 Å². The number of benzene rings is 5. The molecule has 3 unspecified atom stereocenters. The van der Waals surface area contributed by atoms with Gasteiger partial charge in [-0.3, -0.25) is 44.0 Å². The van der Waals surface area contributed by atoms with E-state index in [4.69, 9.17) is 64.0 Å². The molecule has 626 valence electrons. The molecule has 3 amide bonds. The van der Waals surface area contributed by atoms with Gasteiger partial charge in [0.1, 0.15) is 23.9 Å². The molecule has 17 rings (SSSR count). The molecule has 9 heterocycles. The second-order valence-electron chi connectivity index (χ2n) is 32.2. The molecule has 3 aliphatic carbocycles. The number of rotatable bonds is 17. The van der Waals surface area contributed by atoms with E-state index in [0.717, 1.165) is 101 Å². The summed E-state index contributed by atoms with van der Waals surface area (Å²) < 4.78 is 24.1. The third-order valence-corrected chi connectivity index (χ3v) is 24.7. The first-order valence-electron chi connectivity index (χ1n) is 40.5. The van der Waals surface area contributed by atoms with Gasteiger partial charge in [-0.2, -0.15) is 0 Å². The first kappa shape index (κ1) is 85.3. The van der Waals surface area contributed by atoms with E-state index in [1.165, 1.54) is 13.8 Å². The number of amides is 3. The third kappa shape index (κ3) is 17.4. The van der Waals surface area contributed by atoms with Gasteiger partial charge in [-0.1, -0.05) is 132 Å². The normalized spacial score (nSPS) is 19.2. The van der Waals surface area contributed by atoms with Crippen LogP contribution in [-0.2, 0) is 60.9 Å². The van der Waals surface area contributed by atoms with Crippen LogP contribution in [0, 0.1) is 0 Å². The van der Waals surface area contributed by atoms with Gasteiger partial charge in [0.15, 0.2) is 11.2 Å². The average Bonchev–Trinajstić information content (AvgIpc) is 1.64. The second-order valence-corrected chi connectivity index (χ2v) is 33.5. The highest BCUT2D eigenvalue weighted by Crippen LogP contribution is 2.50. The van der Waals surface area contributed by atoms with Gasteiger partial charge in [0.2, 0.25) is 0 Å². The summed E-state index contributed by atoms with van der Waals surface area (Å²) in [5.74, 6) is -0.826. The van der Waals surface area contributed by atoms with Crippen LogP contribution in [0.4, 0.5) is 0 Å². The summed E-state index contributed by atoms with van der Waals surface area (Å²) in [4.78, 5) is 79.6. The molecule has 27 heteroatoms. The fourth-order valence-corrected chi connectivity index (χ4v) is 18.3. The number of pyridine rings is 3. The van der Waals surface area contributed by atoms with Crippen LogP contribution in [0.15, 0.2) is 208 Å². The molecule has 6 aliphatic rings. The number of methoxy groups -OCH3 is 3. The van der Waals surface area contributed by atoms with Crippen molar-refractivity contribution in [3.8, 4) is 0 Å². The quantitative estimate of drug-likeness (QED) is 0.0766. The van der Waals surface area contributed by atoms with Crippen LogP contribution >= 0.6 is 34.8 Å². The van der Waals surface area contributed by atoms with Crippen molar-refractivity contribution in [1.82, 2.24) is 73.0 Å². The van der Waals surface area contributed by atoms with E-state index in [9.17, 15) is 29.7 Å². The summed E-state index contributed by atoms with van der Waals surface area (Å²) in [7, 11) is 11.0. The molecule has 3 saturated heterocycles. The molecule has 0 radical (unpaired) electrons. The molecule has 6 aromatic heterocycles. The second kappa shape index (κ2) is 36.2. The molecule has 0 saturated carbocycles. The monoisotopic (exact) mass is 1690 g/mol. The molecule has 0 spiro atoms. The number of aromatic nitrogens is 9. The summed E-state index contributed by atoms with van der Waals surface area (Å²) >= 11 is 19.8. The zero-order chi connectivity index (χ0) is 85.2. The molecule has 8 atom stereocenters. The zero-order valence-corrected chi connectivity index (χ0v) is 71.7. The predicted molar refractivity (Wildman–Crippen MR) is 468 cm³/mol. The smallest absolute Gasteiger partial charge is 0.258 e. The lowest BCUT2D eigenvalue weighted by atomic mass is 9.90. The minimum absolute atomic E-state index is 0.138. The molecular formula is C94H100Cl3N15O9. The van der Waals surface area contributed by atoms with E-state index in [1.807, 2.05) is 163 Å². The number of aryl methyl sites for hydroxylation is 3. The number of imidazole rings is 3. The molecule has 5 aromatic carbocycles. The minimum atomic E-state index is -1.59. The Morgan fingerprint density at radius 3 is 0.926 bits per heavy atom. The third-order valence-electron chi connectivity index (χ3n) is 24.0. The Balaban J connectivity index is 0.000000142. The van der Waals surface area contributed by atoms with E-state index < -0.39 is 16.8 Å². The Morgan fingerprint density at radius 1 is 0.388 bits per heavy atom. The number of ether oxygens (including phenoxy) is 3. The fourth-order valence-electron chi connectivity index (χ4n) is 17.7. The van der Waals surface area contributed by atoms with Crippen molar-refractivity contribution in [2.75, 3.05) is 99.9 Å². The first-order valence-corrected chi connectivity index (χ1v) is 41.7. The van der Waals surface area contributed by atoms with Gasteiger partial charge in [0.25, 0.3) is 17.7 Å². The number of carbonyl (C=O) groups is 3. The lowest BCUT2D eigenvalue weighted by Crippen LogP contribution is -2.54. The van der Waals surface area contributed by atoms with Gasteiger partial charge in [0.05, 0.1) is 89.9 Å². The van der Waals surface area contributed by atoms with E-state index in [2.05, 4.69) is 84.3 Å². The molecule has 24 nitrogen and oxygen atoms in total. The predicted octanol–water partition coefficient (Wildman–Crippen LogP) is 13.4. The Morgan fingerprint density at radius 2 is 0.669 bits per heavy atom. The van der Waals surface area contributed by atoms with E-state index >= 15 is 0 Å². The molecule has 121 heavy (non-hydrogen) atoms. The van der Waals surface area contributed by atoms with E-state index in [0.29, 0.717) is 105 Å². The number of aliphatic hydroxyl groups is 3. The minimum Gasteiger partial charge on any atom is -0.381 e. The van der Waals surface area contributed by atoms with Gasteiger partial charge in [-0.05, 0) is 178 Å². The standard InChI is InChI=1S/2C33H34ClN5O3.C28H32ClN5O3/c2*1-33(41,23-9-5-4-6-10-23)32(40)39-16-14-38(15-17-39)30-25-12-11-24(34)19-26(25)27(18-22-8-7-13-36-29(22)30)31(42-3)28-20-35-21-37(28)2;1-28(2,36)27(35)34-12-10-33(11-13-34)25-20-8-7-19(29)15-21(20)22(14-18-6-5-9-31-24(18)25)26(37-4)23-16-30-17-32(23)3/h2*4-13,18-21,30-31,41H,14-17H2,1-3H3;5-9,14-17,25-26,36H,10-13H2,1-4H3/t30-,31?,33+;30-,31?,33-;25-,26?/m000/s1. The van der Waals surface area contributed by atoms with Crippen LogP contribution in [0.1, 0.15) is 159 Å². The van der Waals surface area contributed by atoms with Crippen molar-refractivity contribution >= 4 is 87.5 Å². The fraction of sp³-hybridized carbons (Fsp3) is 0.330. The van der Waals surface area contributed by atoms with Crippen LogP contribution in [-0.4, -0.2) is 212 Å². The molecule has 3 N–H and O–H groups in total. The number of carbonyl (C=O) groups excluding carboxylic acids is 3. The summed E-state index contributed by atoms with van der Waals surface area (Å²) in [5, 5.41) is 34.5. The van der Waals surface area contributed by atoms with Gasteiger partial charge < -0.3 is 57.9 Å². The topological polar surface area (TPSA) is 251 Å². The summed E-state index contributed by atoms with van der Waals surface area (Å²) in [5.41, 5.74) is 14.4. The van der Waals surface area contributed by atoms with Crippen LogP contribution in [0.5, 0.6) is 0 Å². The maximum Gasteiger partial charge on any atom is 0.258 e. The summed E-state index contributed by atoms with van der Waals surface area (Å²) in [6.45, 7) is 13.0. The van der Waals surface area contributed by atoms with Crippen molar-refractivity contribution in [2.45, 2.75) is 80.9 Å².